The van der Waals surface area contributed by atoms with Gasteiger partial charge in [0.15, 0.2) is 11.5 Å². The molecule has 2 heterocycles. The number of furan rings is 1. The summed E-state index contributed by atoms with van der Waals surface area (Å²) in [5.74, 6) is 0.587. The molecule has 24 heavy (non-hydrogen) atoms. The Morgan fingerprint density at radius 3 is 2.83 bits per heavy atom. The fraction of sp³-hybridized carbons (Fsp3) is 0.176. The van der Waals surface area contributed by atoms with Crippen LogP contribution in [0.5, 0.6) is 11.5 Å². The highest BCUT2D eigenvalue weighted by Gasteiger charge is 2.13. The molecule has 0 spiro atoms. The lowest BCUT2D eigenvalue weighted by Crippen LogP contribution is -2.01. The number of methoxy groups -OCH3 is 1. The highest BCUT2D eigenvalue weighted by Crippen LogP contribution is 2.32. The maximum atomic E-state index is 11.7. The second kappa shape index (κ2) is 6.91. The van der Waals surface area contributed by atoms with Crippen molar-refractivity contribution in [2.24, 2.45) is 0 Å². The van der Waals surface area contributed by atoms with E-state index < -0.39 is 11.9 Å². The van der Waals surface area contributed by atoms with Crippen molar-refractivity contribution in [1.29, 1.82) is 0 Å². The molecule has 1 aromatic heterocycles. The maximum Gasteiger partial charge on any atom is 0.373 e. The Hall–Kier alpha value is -3.22. The Balaban J connectivity index is 1.54. The maximum absolute atomic E-state index is 11.7. The van der Waals surface area contributed by atoms with Gasteiger partial charge in [-0.3, -0.25) is 0 Å². The summed E-state index contributed by atoms with van der Waals surface area (Å²) >= 11 is 0. The van der Waals surface area contributed by atoms with Gasteiger partial charge < -0.3 is 23.4 Å². The van der Waals surface area contributed by atoms with Crippen molar-refractivity contribution >= 4 is 18.0 Å². The summed E-state index contributed by atoms with van der Waals surface area (Å²) in [6.45, 7) is 0.114. The first-order chi connectivity index (χ1) is 11.7. The van der Waals surface area contributed by atoms with E-state index in [1.807, 2.05) is 0 Å². The number of carbonyl (C=O) groups is 2. The predicted octanol–water partition coefficient (Wildman–Crippen LogP) is 2.55. The Morgan fingerprint density at radius 2 is 2.00 bits per heavy atom. The lowest BCUT2D eigenvalue weighted by atomic mass is 10.2. The van der Waals surface area contributed by atoms with E-state index >= 15 is 0 Å². The predicted molar refractivity (Wildman–Crippen MR) is 81.4 cm³/mol. The Labute approximate surface area is 137 Å². The number of fused-ring (bicyclic) bond motifs is 1. The van der Waals surface area contributed by atoms with E-state index in [-0.39, 0.29) is 19.2 Å². The van der Waals surface area contributed by atoms with Crippen LogP contribution in [0.15, 0.2) is 40.8 Å². The number of rotatable bonds is 5. The van der Waals surface area contributed by atoms with Gasteiger partial charge in [-0.05, 0) is 35.9 Å². The SMILES string of the molecule is COC(=O)c1ccc(COC(=O)C=Cc2ccc3c(c2)OCO3)o1. The fourth-order valence-corrected chi connectivity index (χ4v) is 2.04. The van der Waals surface area contributed by atoms with Crippen molar-refractivity contribution in [1.82, 2.24) is 0 Å². The normalized spacial score (nSPS) is 12.4. The molecule has 0 fully saturated rings. The van der Waals surface area contributed by atoms with Gasteiger partial charge in [0, 0.05) is 6.08 Å². The summed E-state index contributed by atoms with van der Waals surface area (Å²) in [4.78, 5) is 23.0. The molecule has 0 atom stereocenters. The topological polar surface area (TPSA) is 84.2 Å². The van der Waals surface area contributed by atoms with Gasteiger partial charge in [0.25, 0.3) is 0 Å². The van der Waals surface area contributed by atoms with E-state index in [1.54, 1.807) is 30.3 Å². The first-order valence-electron chi connectivity index (χ1n) is 7.07. The standard InChI is InChI=1S/C17H14O7/c1-20-17(19)14-6-4-12(24-14)9-21-16(18)7-3-11-2-5-13-15(8-11)23-10-22-13/h2-8H,9-10H2,1H3. The third-order valence-electron chi connectivity index (χ3n) is 3.21. The highest BCUT2D eigenvalue weighted by molar-refractivity contribution is 5.87. The Bertz CT molecular complexity index is 788. The minimum atomic E-state index is -0.588. The molecule has 7 heteroatoms. The van der Waals surface area contributed by atoms with Crippen molar-refractivity contribution in [2.45, 2.75) is 6.61 Å². The minimum absolute atomic E-state index is 0.0550. The van der Waals surface area contributed by atoms with E-state index in [1.165, 1.54) is 19.3 Å². The lowest BCUT2D eigenvalue weighted by molar-refractivity contribution is -0.139. The number of benzene rings is 1. The molecule has 0 aliphatic carbocycles. The molecule has 1 aliphatic heterocycles. The van der Waals surface area contributed by atoms with E-state index in [2.05, 4.69) is 4.74 Å². The van der Waals surface area contributed by atoms with Crippen LogP contribution < -0.4 is 9.47 Å². The monoisotopic (exact) mass is 330 g/mol. The molecule has 2 aromatic rings. The smallest absolute Gasteiger partial charge is 0.373 e. The number of ether oxygens (including phenoxy) is 4. The van der Waals surface area contributed by atoms with Gasteiger partial charge >= 0.3 is 11.9 Å². The number of hydrogen-bond donors (Lipinski definition) is 0. The molecule has 0 saturated heterocycles. The summed E-state index contributed by atoms with van der Waals surface area (Å²) < 4.78 is 25.2. The average Bonchev–Trinajstić information content (AvgIpc) is 3.26. The van der Waals surface area contributed by atoms with Crippen LogP contribution in [0.3, 0.4) is 0 Å². The molecule has 0 bridgehead atoms. The van der Waals surface area contributed by atoms with Crippen molar-refractivity contribution in [3.05, 3.63) is 53.5 Å². The van der Waals surface area contributed by atoms with Crippen LogP contribution in [0.1, 0.15) is 21.9 Å². The van der Waals surface area contributed by atoms with Crippen LogP contribution in [0.2, 0.25) is 0 Å². The molecule has 3 rings (SSSR count). The second-order valence-corrected chi connectivity index (χ2v) is 4.81. The van der Waals surface area contributed by atoms with Crippen LogP contribution in [0.4, 0.5) is 0 Å². The number of carbonyl (C=O) groups excluding carboxylic acids is 2. The van der Waals surface area contributed by atoms with Crippen molar-refractivity contribution < 1.29 is 33.0 Å². The Morgan fingerprint density at radius 1 is 1.17 bits per heavy atom. The van der Waals surface area contributed by atoms with Crippen LogP contribution in [-0.2, 0) is 20.9 Å². The van der Waals surface area contributed by atoms with E-state index in [4.69, 9.17) is 18.6 Å². The molecule has 1 aromatic carbocycles. The van der Waals surface area contributed by atoms with Gasteiger partial charge in [0.2, 0.25) is 12.6 Å². The summed E-state index contributed by atoms with van der Waals surface area (Å²) in [5, 5.41) is 0. The minimum Gasteiger partial charge on any atom is -0.463 e. The van der Waals surface area contributed by atoms with Crippen molar-refractivity contribution in [3.63, 3.8) is 0 Å². The van der Waals surface area contributed by atoms with Crippen molar-refractivity contribution in [3.8, 4) is 11.5 Å². The molecule has 0 saturated carbocycles. The van der Waals surface area contributed by atoms with Crippen molar-refractivity contribution in [2.75, 3.05) is 13.9 Å². The summed E-state index contributed by atoms with van der Waals surface area (Å²) in [5.41, 5.74) is 0.780. The number of hydrogen-bond acceptors (Lipinski definition) is 7. The summed E-state index contributed by atoms with van der Waals surface area (Å²) in [6.07, 6.45) is 2.90. The molecule has 0 unspecified atom stereocenters. The largest absolute Gasteiger partial charge is 0.463 e. The zero-order chi connectivity index (χ0) is 16.9. The molecular weight excluding hydrogens is 316 g/mol. The first kappa shape index (κ1) is 15.7. The lowest BCUT2D eigenvalue weighted by Gasteiger charge is -2.00. The molecule has 124 valence electrons. The van der Waals surface area contributed by atoms with Gasteiger partial charge in [0.1, 0.15) is 12.4 Å². The fourth-order valence-electron chi connectivity index (χ4n) is 2.04. The molecule has 1 aliphatic rings. The van der Waals surface area contributed by atoms with Crippen LogP contribution in [0, 0.1) is 0 Å². The first-order valence-corrected chi connectivity index (χ1v) is 7.07. The van der Waals surface area contributed by atoms with E-state index in [9.17, 15) is 9.59 Å². The third-order valence-corrected chi connectivity index (χ3v) is 3.21. The quantitative estimate of drug-likeness (QED) is 0.615. The Kier molecular flexibility index (Phi) is 4.51. The van der Waals surface area contributed by atoms with Gasteiger partial charge in [-0.25, -0.2) is 9.59 Å². The van der Waals surface area contributed by atoms with Gasteiger partial charge in [-0.2, -0.15) is 0 Å². The average molecular weight is 330 g/mol. The van der Waals surface area contributed by atoms with Gasteiger partial charge in [-0.15, -0.1) is 0 Å². The van der Waals surface area contributed by atoms with Gasteiger partial charge in [0.05, 0.1) is 7.11 Å². The zero-order valence-corrected chi connectivity index (χ0v) is 12.8. The molecule has 7 nitrogen and oxygen atoms in total. The second-order valence-electron chi connectivity index (χ2n) is 4.81. The highest BCUT2D eigenvalue weighted by atomic mass is 16.7. The summed E-state index contributed by atoms with van der Waals surface area (Å²) in [6, 6.07) is 8.33. The van der Waals surface area contributed by atoms with Crippen LogP contribution in [0.25, 0.3) is 6.08 Å². The molecule has 0 radical (unpaired) electrons. The zero-order valence-electron chi connectivity index (χ0n) is 12.8. The van der Waals surface area contributed by atoms with E-state index in [0.29, 0.717) is 17.3 Å². The summed E-state index contributed by atoms with van der Waals surface area (Å²) in [7, 11) is 1.26. The molecular formula is C17H14O7. The van der Waals surface area contributed by atoms with Gasteiger partial charge in [-0.1, -0.05) is 6.07 Å². The molecule has 0 N–H and O–H groups in total. The van der Waals surface area contributed by atoms with E-state index in [0.717, 1.165) is 5.56 Å². The number of esters is 2. The third kappa shape index (κ3) is 3.57. The molecule has 0 amide bonds. The van der Waals surface area contributed by atoms with Crippen LogP contribution >= 0.6 is 0 Å². The van der Waals surface area contributed by atoms with Crippen LogP contribution in [-0.4, -0.2) is 25.8 Å².